The average Bonchev–Trinajstić information content (AvgIpc) is 3.49. The van der Waals surface area contributed by atoms with Gasteiger partial charge in [0.25, 0.3) is 5.91 Å². The number of amides is 1. The zero-order chi connectivity index (χ0) is 22.1. The highest BCUT2D eigenvalue weighted by Gasteiger charge is 2.22. The van der Waals surface area contributed by atoms with Crippen LogP contribution in [0, 0.1) is 12.8 Å². The number of hydrogen-bond acceptors (Lipinski definition) is 4. The van der Waals surface area contributed by atoms with Crippen LogP contribution in [0.2, 0.25) is 0 Å². The predicted octanol–water partition coefficient (Wildman–Crippen LogP) is 5.74. The number of ether oxygens (including phenoxy) is 1. The summed E-state index contributed by atoms with van der Waals surface area (Å²) in [6.07, 6.45) is 7.08. The van der Waals surface area contributed by atoms with Crippen LogP contribution in [0.5, 0.6) is 5.75 Å². The number of carbonyl (C=O) groups excluding carboxylic acids is 1. The Morgan fingerprint density at radius 2 is 1.91 bits per heavy atom. The molecule has 166 valence electrons. The van der Waals surface area contributed by atoms with E-state index in [1.165, 1.54) is 31.2 Å². The average molecular weight is 430 g/mol. The number of nitrogens with zero attached hydrogens (tertiary/aromatic N) is 2. The molecular weight excluding hydrogens is 398 g/mol. The maximum Gasteiger partial charge on any atom is 0.255 e. The summed E-state index contributed by atoms with van der Waals surface area (Å²) in [5.74, 6) is 1.40. The van der Waals surface area contributed by atoms with E-state index in [0.29, 0.717) is 17.5 Å². The Labute approximate surface area is 189 Å². The molecule has 1 N–H and O–H groups in total. The zero-order valence-corrected chi connectivity index (χ0v) is 18.9. The van der Waals surface area contributed by atoms with Crippen LogP contribution in [0.1, 0.15) is 60.1 Å². The van der Waals surface area contributed by atoms with Crippen LogP contribution in [0.15, 0.2) is 48.7 Å². The number of rotatable bonds is 7. The molecule has 0 radical (unpaired) electrons. The number of anilines is 1. The number of nitrogens with one attached hydrogen (secondary N) is 1. The van der Waals surface area contributed by atoms with E-state index in [9.17, 15) is 4.79 Å². The molecule has 1 aliphatic heterocycles. The summed E-state index contributed by atoms with van der Waals surface area (Å²) >= 11 is 0. The first-order valence-electron chi connectivity index (χ1n) is 11.8. The number of benzene rings is 2. The Morgan fingerprint density at radius 3 is 2.62 bits per heavy atom. The van der Waals surface area contributed by atoms with E-state index >= 15 is 0 Å². The Bertz CT molecular complexity index is 1120. The summed E-state index contributed by atoms with van der Waals surface area (Å²) in [6.45, 7) is 7.38. The topological polar surface area (TPSA) is 54.5 Å². The Hall–Kier alpha value is -2.92. The van der Waals surface area contributed by atoms with Crippen molar-refractivity contribution in [1.29, 1.82) is 0 Å². The van der Waals surface area contributed by atoms with Crippen molar-refractivity contribution in [1.82, 2.24) is 9.88 Å². The van der Waals surface area contributed by atoms with Crippen LogP contribution in [0.3, 0.4) is 0 Å². The van der Waals surface area contributed by atoms with Crippen LogP contribution in [0.25, 0.3) is 10.9 Å². The summed E-state index contributed by atoms with van der Waals surface area (Å²) in [5, 5.41) is 4.16. The highest BCUT2D eigenvalue weighted by Crippen LogP contribution is 2.31. The van der Waals surface area contributed by atoms with Gasteiger partial charge >= 0.3 is 0 Å². The molecule has 0 bridgehead atoms. The van der Waals surface area contributed by atoms with Gasteiger partial charge in [0, 0.05) is 28.9 Å². The van der Waals surface area contributed by atoms with E-state index in [1.54, 1.807) is 0 Å². The summed E-state index contributed by atoms with van der Waals surface area (Å²) in [4.78, 5) is 20.1. The lowest BCUT2D eigenvalue weighted by molar-refractivity contribution is 0.102. The molecule has 1 amide bonds. The molecule has 2 fully saturated rings. The SMILES string of the molecule is Cc1c(NC(=O)c2ccc(OCC3CC3)cc2)ccc2cc([C@H](C)N3CCCC3)cnc12. The second kappa shape index (κ2) is 8.91. The molecular formula is C27H31N3O2. The number of hydrogen-bond donors (Lipinski definition) is 1. The van der Waals surface area contributed by atoms with Crippen molar-refractivity contribution < 1.29 is 9.53 Å². The molecule has 2 aromatic carbocycles. The molecule has 5 heteroatoms. The van der Waals surface area contributed by atoms with Gasteiger partial charge in [-0.05, 0) is 106 Å². The Balaban J connectivity index is 1.29. The van der Waals surface area contributed by atoms with Crippen molar-refractivity contribution in [2.24, 2.45) is 5.92 Å². The zero-order valence-electron chi connectivity index (χ0n) is 18.9. The summed E-state index contributed by atoms with van der Waals surface area (Å²) < 4.78 is 5.77. The van der Waals surface area contributed by atoms with Crippen molar-refractivity contribution in [2.75, 3.05) is 25.0 Å². The first-order chi connectivity index (χ1) is 15.6. The van der Waals surface area contributed by atoms with E-state index in [4.69, 9.17) is 9.72 Å². The second-order valence-electron chi connectivity index (χ2n) is 9.23. The maximum atomic E-state index is 12.8. The van der Waals surface area contributed by atoms with Crippen LogP contribution in [-0.4, -0.2) is 35.5 Å². The van der Waals surface area contributed by atoms with Crippen molar-refractivity contribution in [3.05, 3.63) is 65.4 Å². The number of aryl methyl sites for hydroxylation is 1. The molecule has 2 heterocycles. The third-order valence-electron chi connectivity index (χ3n) is 6.85. The lowest BCUT2D eigenvalue weighted by Gasteiger charge is -2.24. The molecule has 1 atom stereocenters. The standard InChI is InChI=1S/C27H31N3O2/c1-18-25(29-27(31)21-7-10-24(11-8-21)32-17-20-5-6-20)12-9-22-15-23(16-28-26(18)22)19(2)30-13-3-4-14-30/h7-12,15-16,19-20H,3-6,13-14,17H2,1-2H3,(H,29,31)/t19-/m0/s1. The first kappa shape index (κ1) is 21.0. The smallest absolute Gasteiger partial charge is 0.255 e. The van der Waals surface area contributed by atoms with E-state index in [0.717, 1.165) is 47.6 Å². The molecule has 3 aromatic rings. The van der Waals surface area contributed by atoms with Gasteiger partial charge in [0.15, 0.2) is 0 Å². The predicted molar refractivity (Wildman–Crippen MR) is 128 cm³/mol. The summed E-state index contributed by atoms with van der Waals surface area (Å²) in [7, 11) is 0. The van der Waals surface area contributed by atoms with E-state index in [1.807, 2.05) is 43.5 Å². The molecule has 0 spiro atoms. The molecule has 5 rings (SSSR count). The lowest BCUT2D eigenvalue weighted by Crippen LogP contribution is -2.23. The van der Waals surface area contributed by atoms with Gasteiger partial charge in [0.2, 0.25) is 0 Å². The first-order valence-corrected chi connectivity index (χ1v) is 11.8. The van der Waals surface area contributed by atoms with E-state index in [2.05, 4.69) is 29.3 Å². The third-order valence-corrected chi connectivity index (χ3v) is 6.85. The number of aromatic nitrogens is 1. The highest BCUT2D eigenvalue weighted by molar-refractivity contribution is 6.06. The minimum absolute atomic E-state index is 0.125. The van der Waals surface area contributed by atoms with Gasteiger partial charge in [-0.2, -0.15) is 0 Å². The quantitative estimate of drug-likeness (QED) is 0.520. The van der Waals surface area contributed by atoms with Crippen molar-refractivity contribution in [3.8, 4) is 5.75 Å². The van der Waals surface area contributed by atoms with Gasteiger partial charge in [-0.3, -0.25) is 14.7 Å². The van der Waals surface area contributed by atoms with Gasteiger partial charge in [-0.15, -0.1) is 0 Å². The molecule has 5 nitrogen and oxygen atoms in total. The lowest BCUT2D eigenvalue weighted by atomic mass is 10.0. The fourth-order valence-corrected chi connectivity index (χ4v) is 4.46. The minimum atomic E-state index is -0.125. The normalized spacial score (nSPS) is 17.4. The van der Waals surface area contributed by atoms with Crippen LogP contribution >= 0.6 is 0 Å². The van der Waals surface area contributed by atoms with E-state index < -0.39 is 0 Å². The van der Waals surface area contributed by atoms with Gasteiger partial charge in [-0.1, -0.05) is 6.07 Å². The largest absolute Gasteiger partial charge is 0.493 e. The number of fused-ring (bicyclic) bond motifs is 1. The summed E-state index contributed by atoms with van der Waals surface area (Å²) in [5.41, 5.74) is 4.58. The van der Waals surface area contributed by atoms with Crippen LogP contribution in [0.4, 0.5) is 5.69 Å². The van der Waals surface area contributed by atoms with Gasteiger partial charge < -0.3 is 10.1 Å². The Morgan fingerprint density at radius 1 is 1.16 bits per heavy atom. The molecule has 2 aliphatic rings. The van der Waals surface area contributed by atoms with E-state index in [-0.39, 0.29) is 5.91 Å². The van der Waals surface area contributed by atoms with Crippen molar-refractivity contribution in [3.63, 3.8) is 0 Å². The van der Waals surface area contributed by atoms with Crippen LogP contribution in [-0.2, 0) is 0 Å². The van der Waals surface area contributed by atoms with Crippen LogP contribution < -0.4 is 10.1 Å². The maximum absolute atomic E-state index is 12.8. The second-order valence-corrected chi connectivity index (χ2v) is 9.23. The van der Waals surface area contributed by atoms with Gasteiger partial charge in [-0.25, -0.2) is 0 Å². The highest BCUT2D eigenvalue weighted by atomic mass is 16.5. The van der Waals surface area contributed by atoms with Crippen molar-refractivity contribution in [2.45, 2.75) is 45.6 Å². The van der Waals surface area contributed by atoms with Crippen molar-refractivity contribution >= 4 is 22.5 Å². The molecule has 1 saturated carbocycles. The minimum Gasteiger partial charge on any atom is -0.493 e. The molecule has 1 aromatic heterocycles. The fourth-order valence-electron chi connectivity index (χ4n) is 4.46. The monoisotopic (exact) mass is 429 g/mol. The molecule has 1 aliphatic carbocycles. The molecule has 1 saturated heterocycles. The van der Waals surface area contributed by atoms with Gasteiger partial charge in [0.05, 0.1) is 12.1 Å². The fraction of sp³-hybridized carbons (Fsp3) is 0.407. The number of likely N-dealkylation sites (tertiary alicyclic amines) is 1. The number of pyridine rings is 1. The molecule has 0 unspecified atom stereocenters. The summed E-state index contributed by atoms with van der Waals surface area (Å²) in [6, 6.07) is 14.0. The van der Waals surface area contributed by atoms with Gasteiger partial charge in [0.1, 0.15) is 5.75 Å². The Kier molecular flexibility index (Phi) is 5.83. The number of carbonyl (C=O) groups is 1. The third kappa shape index (κ3) is 4.49. The molecule has 32 heavy (non-hydrogen) atoms.